The second kappa shape index (κ2) is 3.54. The smallest absolute Gasteiger partial charge is 0.123 e. The minimum atomic E-state index is 0.196. The largest absolute Gasteiger partial charge is 0.507 e. The van der Waals surface area contributed by atoms with Crippen LogP contribution < -0.4 is 0 Å². The van der Waals surface area contributed by atoms with Crippen molar-refractivity contribution in [1.29, 1.82) is 0 Å². The summed E-state index contributed by atoms with van der Waals surface area (Å²) in [6.45, 7) is 1.95. The number of aromatic hydroxyl groups is 1. The van der Waals surface area contributed by atoms with Gasteiger partial charge in [-0.25, -0.2) is 0 Å². The predicted molar refractivity (Wildman–Crippen MR) is 57.1 cm³/mol. The molecule has 0 aliphatic carbocycles. The third-order valence-electron chi connectivity index (χ3n) is 2.21. The molecule has 0 bridgehead atoms. The van der Waals surface area contributed by atoms with E-state index < -0.39 is 0 Å². The van der Waals surface area contributed by atoms with Crippen molar-refractivity contribution in [3.63, 3.8) is 0 Å². The molecule has 1 heteroatoms. The number of hydrogen-bond acceptors (Lipinski definition) is 1. The normalized spacial score (nSPS) is 10.1. The molecular formula is C13H11O. The molecule has 2 aromatic rings. The van der Waals surface area contributed by atoms with Gasteiger partial charge in [0.15, 0.2) is 0 Å². The summed E-state index contributed by atoms with van der Waals surface area (Å²) in [5, 5.41) is 9.23. The van der Waals surface area contributed by atoms with Crippen molar-refractivity contribution < 1.29 is 5.11 Å². The Bertz CT molecular complexity index is 432. The van der Waals surface area contributed by atoms with Crippen molar-refractivity contribution in [3.05, 3.63) is 54.1 Å². The Morgan fingerprint density at radius 2 is 1.71 bits per heavy atom. The molecule has 0 aliphatic heterocycles. The minimum Gasteiger partial charge on any atom is -0.507 e. The molecule has 0 aromatic heterocycles. The van der Waals surface area contributed by atoms with E-state index in [2.05, 4.69) is 6.07 Å². The third kappa shape index (κ3) is 1.62. The van der Waals surface area contributed by atoms with E-state index in [4.69, 9.17) is 0 Å². The summed E-state index contributed by atoms with van der Waals surface area (Å²) >= 11 is 0. The van der Waals surface area contributed by atoms with Gasteiger partial charge >= 0.3 is 0 Å². The molecule has 0 aliphatic rings. The fourth-order valence-electron chi connectivity index (χ4n) is 1.52. The molecule has 0 unspecified atom stereocenters. The van der Waals surface area contributed by atoms with E-state index in [9.17, 15) is 5.11 Å². The van der Waals surface area contributed by atoms with Crippen molar-refractivity contribution in [2.24, 2.45) is 0 Å². The molecule has 0 amide bonds. The number of rotatable bonds is 1. The fraction of sp³-hybridized carbons (Fsp3) is 0.0769. The van der Waals surface area contributed by atoms with E-state index in [1.807, 2.05) is 43.3 Å². The monoisotopic (exact) mass is 183 g/mol. The molecule has 0 fully saturated rings. The Kier molecular flexibility index (Phi) is 2.23. The van der Waals surface area contributed by atoms with Gasteiger partial charge in [0.25, 0.3) is 0 Å². The maximum atomic E-state index is 9.23. The summed E-state index contributed by atoms with van der Waals surface area (Å²) in [5.74, 6) is 0.196. The molecule has 2 aromatic carbocycles. The van der Waals surface area contributed by atoms with E-state index in [1.165, 1.54) is 0 Å². The van der Waals surface area contributed by atoms with Crippen LogP contribution in [0.1, 0.15) is 5.56 Å². The first-order valence-corrected chi connectivity index (χ1v) is 4.54. The van der Waals surface area contributed by atoms with Crippen LogP contribution in [0.4, 0.5) is 0 Å². The van der Waals surface area contributed by atoms with Crippen molar-refractivity contribution in [2.45, 2.75) is 6.92 Å². The van der Waals surface area contributed by atoms with Crippen LogP contribution in [0.15, 0.2) is 42.5 Å². The van der Waals surface area contributed by atoms with Crippen molar-refractivity contribution in [3.8, 4) is 16.9 Å². The van der Waals surface area contributed by atoms with Crippen LogP contribution in [0.5, 0.6) is 5.75 Å². The average Bonchev–Trinajstić information content (AvgIpc) is 2.19. The molecule has 0 saturated heterocycles. The second-order valence-electron chi connectivity index (χ2n) is 3.25. The molecule has 1 N–H and O–H groups in total. The zero-order valence-electron chi connectivity index (χ0n) is 7.99. The SMILES string of the molecule is Cc1[c]c(O)ccc1-c1ccccc1. The minimum absolute atomic E-state index is 0.196. The second-order valence-corrected chi connectivity index (χ2v) is 3.25. The lowest BCUT2D eigenvalue weighted by atomic mass is 10.0. The fourth-order valence-corrected chi connectivity index (χ4v) is 1.52. The van der Waals surface area contributed by atoms with Gasteiger partial charge in [-0.1, -0.05) is 36.4 Å². The number of benzene rings is 2. The van der Waals surface area contributed by atoms with Crippen LogP contribution in [0.2, 0.25) is 0 Å². The van der Waals surface area contributed by atoms with E-state index in [1.54, 1.807) is 6.07 Å². The van der Waals surface area contributed by atoms with Gasteiger partial charge in [-0.2, -0.15) is 0 Å². The quantitative estimate of drug-likeness (QED) is 0.720. The van der Waals surface area contributed by atoms with Crippen molar-refractivity contribution >= 4 is 0 Å². The van der Waals surface area contributed by atoms with Gasteiger partial charge in [-0.15, -0.1) is 0 Å². The number of phenolic OH excluding ortho intramolecular Hbond substituents is 1. The van der Waals surface area contributed by atoms with Gasteiger partial charge in [0, 0.05) is 6.07 Å². The third-order valence-corrected chi connectivity index (χ3v) is 2.21. The molecule has 0 saturated carbocycles. The topological polar surface area (TPSA) is 20.2 Å². The molecule has 69 valence electrons. The number of phenols is 1. The summed E-state index contributed by atoms with van der Waals surface area (Å²) in [4.78, 5) is 0. The Hall–Kier alpha value is -1.76. The van der Waals surface area contributed by atoms with Gasteiger partial charge < -0.3 is 5.11 Å². The lowest BCUT2D eigenvalue weighted by molar-refractivity contribution is 0.474. The van der Waals surface area contributed by atoms with E-state index >= 15 is 0 Å². The summed E-state index contributed by atoms with van der Waals surface area (Å²) in [7, 11) is 0. The summed E-state index contributed by atoms with van der Waals surface area (Å²) in [6.07, 6.45) is 0. The predicted octanol–water partition coefficient (Wildman–Crippen LogP) is 3.17. The first-order chi connectivity index (χ1) is 6.77. The highest BCUT2D eigenvalue weighted by Crippen LogP contribution is 2.25. The Labute approximate surface area is 83.6 Å². The van der Waals surface area contributed by atoms with Crippen LogP contribution in [0.3, 0.4) is 0 Å². The van der Waals surface area contributed by atoms with Crippen LogP contribution in [0, 0.1) is 13.0 Å². The molecule has 14 heavy (non-hydrogen) atoms. The molecular weight excluding hydrogens is 172 g/mol. The average molecular weight is 183 g/mol. The maximum Gasteiger partial charge on any atom is 0.123 e. The van der Waals surface area contributed by atoms with Gasteiger partial charge in [0.1, 0.15) is 5.75 Å². The highest BCUT2D eigenvalue weighted by molar-refractivity contribution is 5.67. The highest BCUT2D eigenvalue weighted by Gasteiger charge is 2.01. The first kappa shape index (κ1) is 8.82. The highest BCUT2D eigenvalue weighted by atomic mass is 16.3. The zero-order valence-corrected chi connectivity index (χ0v) is 7.99. The summed E-state index contributed by atoms with van der Waals surface area (Å²) in [6, 6.07) is 16.6. The van der Waals surface area contributed by atoms with Gasteiger partial charge in [-0.05, 0) is 29.7 Å². The molecule has 0 heterocycles. The lowest BCUT2D eigenvalue weighted by Gasteiger charge is -2.05. The first-order valence-electron chi connectivity index (χ1n) is 4.54. The van der Waals surface area contributed by atoms with Crippen LogP contribution in [-0.2, 0) is 0 Å². The van der Waals surface area contributed by atoms with Gasteiger partial charge in [0.05, 0.1) is 0 Å². The summed E-state index contributed by atoms with van der Waals surface area (Å²) < 4.78 is 0. The Morgan fingerprint density at radius 3 is 2.36 bits per heavy atom. The van der Waals surface area contributed by atoms with Crippen molar-refractivity contribution in [2.75, 3.05) is 0 Å². The number of aryl methyl sites for hydroxylation is 1. The van der Waals surface area contributed by atoms with Gasteiger partial charge in [0.2, 0.25) is 0 Å². The molecule has 1 radical (unpaired) electrons. The van der Waals surface area contributed by atoms with Crippen LogP contribution >= 0.6 is 0 Å². The Balaban J connectivity index is 2.53. The van der Waals surface area contributed by atoms with Crippen LogP contribution in [0.25, 0.3) is 11.1 Å². The van der Waals surface area contributed by atoms with Gasteiger partial charge in [-0.3, -0.25) is 0 Å². The number of hydrogen-bond donors (Lipinski definition) is 1. The molecule has 1 nitrogen and oxygen atoms in total. The summed E-state index contributed by atoms with van der Waals surface area (Å²) in [5.41, 5.74) is 3.24. The zero-order chi connectivity index (χ0) is 9.97. The standard InChI is InChI=1S/C13H11O/c1-10-9-12(14)7-8-13(10)11-5-3-2-4-6-11/h2-8,14H,1H3. The van der Waals surface area contributed by atoms with Crippen molar-refractivity contribution in [1.82, 2.24) is 0 Å². The lowest BCUT2D eigenvalue weighted by Crippen LogP contribution is -1.82. The molecule has 2 rings (SSSR count). The van der Waals surface area contributed by atoms with E-state index in [0.29, 0.717) is 0 Å². The maximum absolute atomic E-state index is 9.23. The van der Waals surface area contributed by atoms with E-state index in [-0.39, 0.29) is 5.75 Å². The molecule has 0 atom stereocenters. The van der Waals surface area contributed by atoms with Crippen LogP contribution in [-0.4, -0.2) is 5.11 Å². The van der Waals surface area contributed by atoms with E-state index in [0.717, 1.165) is 16.7 Å². The Morgan fingerprint density at radius 1 is 1.00 bits per heavy atom. The molecule has 0 spiro atoms.